The SMILES string of the molecule is C=CCN(Cc1cccs1)C(=O)c1ccc(Br)c([N+](=O)[O-])c1. The van der Waals surface area contributed by atoms with Gasteiger partial charge in [-0.3, -0.25) is 14.9 Å². The molecule has 0 radical (unpaired) electrons. The molecule has 7 heteroatoms. The van der Waals surface area contributed by atoms with Crippen molar-refractivity contribution in [3.8, 4) is 0 Å². The molecule has 0 saturated carbocycles. The summed E-state index contributed by atoms with van der Waals surface area (Å²) in [6.07, 6.45) is 1.64. The summed E-state index contributed by atoms with van der Waals surface area (Å²) in [7, 11) is 0. The summed E-state index contributed by atoms with van der Waals surface area (Å²) in [6, 6.07) is 8.24. The second-order valence-electron chi connectivity index (χ2n) is 4.48. The van der Waals surface area contributed by atoms with E-state index in [2.05, 4.69) is 22.5 Å². The molecule has 0 saturated heterocycles. The molecule has 0 unspecified atom stereocenters. The summed E-state index contributed by atoms with van der Waals surface area (Å²) >= 11 is 4.67. The van der Waals surface area contributed by atoms with E-state index in [0.29, 0.717) is 17.6 Å². The highest BCUT2D eigenvalue weighted by molar-refractivity contribution is 9.10. The molecule has 2 aromatic rings. The Morgan fingerprint density at radius 1 is 1.45 bits per heavy atom. The molecule has 0 N–H and O–H groups in total. The minimum atomic E-state index is -0.516. The van der Waals surface area contributed by atoms with Gasteiger partial charge in [0.25, 0.3) is 11.6 Å². The van der Waals surface area contributed by atoms with Crippen LogP contribution in [0.5, 0.6) is 0 Å². The van der Waals surface area contributed by atoms with Crippen molar-refractivity contribution in [2.75, 3.05) is 6.54 Å². The standard InChI is InChI=1S/C15H13BrN2O3S/c1-2-7-17(10-12-4-3-8-22-12)15(19)11-5-6-13(16)14(9-11)18(20)21/h2-6,8-9H,1,7,10H2. The van der Waals surface area contributed by atoms with E-state index in [1.807, 2.05) is 17.5 Å². The maximum Gasteiger partial charge on any atom is 0.284 e. The molecular weight excluding hydrogens is 368 g/mol. The number of nitrogens with zero attached hydrogens (tertiary/aromatic N) is 2. The zero-order valence-electron chi connectivity index (χ0n) is 11.6. The molecule has 22 heavy (non-hydrogen) atoms. The van der Waals surface area contributed by atoms with Gasteiger partial charge >= 0.3 is 0 Å². The molecule has 1 aromatic carbocycles. The molecule has 0 spiro atoms. The average Bonchev–Trinajstić information content (AvgIpc) is 2.99. The Bertz CT molecular complexity index is 701. The number of halogens is 1. The van der Waals surface area contributed by atoms with Gasteiger partial charge in [0.1, 0.15) is 0 Å². The molecule has 0 atom stereocenters. The first-order valence-corrected chi connectivity index (χ1v) is 8.06. The highest BCUT2D eigenvalue weighted by Gasteiger charge is 2.20. The Kier molecular flexibility index (Phi) is 5.46. The zero-order chi connectivity index (χ0) is 16.1. The quantitative estimate of drug-likeness (QED) is 0.427. The predicted molar refractivity (Wildman–Crippen MR) is 90.1 cm³/mol. The van der Waals surface area contributed by atoms with Crippen LogP contribution in [0.15, 0.2) is 52.8 Å². The monoisotopic (exact) mass is 380 g/mol. The number of nitro groups is 1. The molecule has 0 fully saturated rings. The summed E-state index contributed by atoms with van der Waals surface area (Å²) in [6.45, 7) is 4.49. The highest BCUT2D eigenvalue weighted by Crippen LogP contribution is 2.26. The van der Waals surface area contributed by atoms with E-state index in [9.17, 15) is 14.9 Å². The number of carbonyl (C=O) groups excluding carboxylic acids is 1. The van der Waals surface area contributed by atoms with Crippen molar-refractivity contribution in [1.29, 1.82) is 0 Å². The van der Waals surface area contributed by atoms with Gasteiger partial charge in [0.15, 0.2) is 0 Å². The third-order valence-electron chi connectivity index (χ3n) is 2.95. The van der Waals surface area contributed by atoms with Gasteiger partial charge in [0.2, 0.25) is 0 Å². The Morgan fingerprint density at radius 3 is 2.82 bits per heavy atom. The van der Waals surface area contributed by atoms with Crippen LogP contribution in [0.2, 0.25) is 0 Å². The Morgan fingerprint density at radius 2 is 2.23 bits per heavy atom. The Labute approximate surface area is 140 Å². The number of amides is 1. The number of hydrogen-bond acceptors (Lipinski definition) is 4. The fourth-order valence-electron chi connectivity index (χ4n) is 1.93. The summed E-state index contributed by atoms with van der Waals surface area (Å²) in [5, 5.41) is 12.9. The van der Waals surface area contributed by atoms with Crippen molar-refractivity contribution >= 4 is 38.9 Å². The fourth-order valence-corrected chi connectivity index (χ4v) is 3.04. The summed E-state index contributed by atoms with van der Waals surface area (Å²) in [5.74, 6) is -0.260. The van der Waals surface area contributed by atoms with Crippen molar-refractivity contribution in [2.24, 2.45) is 0 Å². The topological polar surface area (TPSA) is 63.5 Å². The van der Waals surface area contributed by atoms with Crippen molar-refractivity contribution in [2.45, 2.75) is 6.54 Å². The Balaban J connectivity index is 2.28. The third-order valence-corrected chi connectivity index (χ3v) is 4.49. The van der Waals surface area contributed by atoms with Gasteiger partial charge in [-0.25, -0.2) is 0 Å². The second kappa shape index (κ2) is 7.33. The first-order chi connectivity index (χ1) is 10.5. The highest BCUT2D eigenvalue weighted by atomic mass is 79.9. The van der Waals surface area contributed by atoms with Crippen molar-refractivity contribution < 1.29 is 9.72 Å². The van der Waals surface area contributed by atoms with Gasteiger partial charge in [-0.2, -0.15) is 0 Å². The van der Waals surface area contributed by atoms with E-state index in [1.54, 1.807) is 28.4 Å². The van der Waals surface area contributed by atoms with Crippen LogP contribution >= 0.6 is 27.3 Å². The number of hydrogen-bond donors (Lipinski definition) is 0. The molecule has 0 aliphatic carbocycles. The fraction of sp³-hybridized carbons (Fsp3) is 0.133. The van der Waals surface area contributed by atoms with Gasteiger partial charge in [-0.1, -0.05) is 12.1 Å². The van der Waals surface area contributed by atoms with Gasteiger partial charge in [-0.05, 0) is 39.5 Å². The van der Waals surface area contributed by atoms with Crippen molar-refractivity contribution in [3.05, 3.63) is 73.4 Å². The third kappa shape index (κ3) is 3.80. The van der Waals surface area contributed by atoms with Crippen molar-refractivity contribution in [3.63, 3.8) is 0 Å². The molecular formula is C15H13BrN2O3S. The molecule has 0 bridgehead atoms. The van der Waals surface area contributed by atoms with E-state index >= 15 is 0 Å². The minimum Gasteiger partial charge on any atom is -0.330 e. The first-order valence-electron chi connectivity index (χ1n) is 6.39. The molecule has 0 aliphatic rings. The lowest BCUT2D eigenvalue weighted by molar-refractivity contribution is -0.385. The first kappa shape index (κ1) is 16.4. The van der Waals surface area contributed by atoms with Crippen LogP contribution in [0.4, 0.5) is 5.69 Å². The number of benzene rings is 1. The van der Waals surface area contributed by atoms with Crippen molar-refractivity contribution in [1.82, 2.24) is 4.90 Å². The summed E-state index contributed by atoms with van der Waals surface area (Å²) in [5.41, 5.74) is 0.161. The van der Waals surface area contributed by atoms with Crippen LogP contribution in [0.1, 0.15) is 15.2 Å². The van der Waals surface area contributed by atoms with Gasteiger partial charge in [0, 0.05) is 23.1 Å². The zero-order valence-corrected chi connectivity index (χ0v) is 14.0. The lowest BCUT2D eigenvalue weighted by Gasteiger charge is -2.20. The Hall–Kier alpha value is -1.99. The summed E-state index contributed by atoms with van der Waals surface area (Å²) in [4.78, 5) is 25.7. The average molecular weight is 381 g/mol. The van der Waals surface area contributed by atoms with Crippen LogP contribution in [-0.2, 0) is 6.54 Å². The van der Waals surface area contributed by atoms with Gasteiger partial charge in [0.05, 0.1) is 15.9 Å². The second-order valence-corrected chi connectivity index (χ2v) is 6.36. The number of nitro benzene ring substituents is 1. The minimum absolute atomic E-state index is 0.125. The lowest BCUT2D eigenvalue weighted by atomic mass is 10.1. The maximum atomic E-state index is 12.6. The van der Waals surface area contributed by atoms with E-state index < -0.39 is 4.92 Å². The molecule has 114 valence electrons. The maximum absolute atomic E-state index is 12.6. The van der Waals surface area contributed by atoms with E-state index in [0.717, 1.165) is 4.88 Å². The van der Waals surface area contributed by atoms with Crippen LogP contribution in [0.3, 0.4) is 0 Å². The molecule has 1 heterocycles. The largest absolute Gasteiger partial charge is 0.330 e. The van der Waals surface area contributed by atoms with Gasteiger partial charge < -0.3 is 4.90 Å². The van der Waals surface area contributed by atoms with Crippen LogP contribution in [-0.4, -0.2) is 22.3 Å². The molecule has 2 rings (SSSR count). The normalized spacial score (nSPS) is 10.2. The van der Waals surface area contributed by atoms with E-state index in [1.165, 1.54) is 12.1 Å². The molecule has 5 nitrogen and oxygen atoms in total. The molecule has 1 amide bonds. The van der Waals surface area contributed by atoms with Crippen LogP contribution < -0.4 is 0 Å². The summed E-state index contributed by atoms with van der Waals surface area (Å²) < 4.78 is 0.350. The number of carbonyl (C=O) groups is 1. The lowest BCUT2D eigenvalue weighted by Crippen LogP contribution is -2.30. The molecule has 1 aromatic heterocycles. The smallest absolute Gasteiger partial charge is 0.284 e. The number of thiophene rings is 1. The van der Waals surface area contributed by atoms with E-state index in [-0.39, 0.29) is 17.2 Å². The van der Waals surface area contributed by atoms with Crippen LogP contribution in [0.25, 0.3) is 0 Å². The van der Waals surface area contributed by atoms with Gasteiger partial charge in [-0.15, -0.1) is 17.9 Å². The molecule has 0 aliphatic heterocycles. The van der Waals surface area contributed by atoms with E-state index in [4.69, 9.17) is 0 Å². The number of rotatable bonds is 6. The predicted octanol–water partition coefficient (Wildman–Crippen LogP) is 4.25. The van der Waals surface area contributed by atoms with Crippen LogP contribution in [0, 0.1) is 10.1 Å².